The zero-order valence-electron chi connectivity index (χ0n) is 16.8. The Labute approximate surface area is 175 Å². The van der Waals surface area contributed by atoms with E-state index in [4.69, 9.17) is 4.42 Å². The molecule has 0 bridgehead atoms. The van der Waals surface area contributed by atoms with Crippen molar-refractivity contribution in [3.63, 3.8) is 0 Å². The third-order valence-corrected chi connectivity index (χ3v) is 5.22. The van der Waals surface area contributed by atoms with Crippen molar-refractivity contribution in [1.29, 1.82) is 0 Å². The molecule has 3 aromatic rings. The number of benzene rings is 2. The summed E-state index contributed by atoms with van der Waals surface area (Å²) in [5, 5.41) is 5.81. The quantitative estimate of drug-likeness (QED) is 0.658. The van der Waals surface area contributed by atoms with E-state index in [2.05, 4.69) is 16.7 Å². The fourth-order valence-electron chi connectivity index (χ4n) is 3.65. The van der Waals surface area contributed by atoms with Crippen LogP contribution in [0.5, 0.6) is 0 Å². The second-order valence-electron chi connectivity index (χ2n) is 7.40. The third-order valence-electron chi connectivity index (χ3n) is 5.22. The van der Waals surface area contributed by atoms with Gasteiger partial charge in [-0.3, -0.25) is 9.69 Å². The van der Waals surface area contributed by atoms with Crippen molar-refractivity contribution in [2.75, 3.05) is 16.8 Å². The number of carbonyl (C=O) groups excluding carboxylic acids is 2. The van der Waals surface area contributed by atoms with Gasteiger partial charge in [-0.2, -0.15) is 0 Å². The first-order valence-electron chi connectivity index (χ1n) is 10.2. The van der Waals surface area contributed by atoms with Crippen LogP contribution < -0.4 is 15.5 Å². The summed E-state index contributed by atoms with van der Waals surface area (Å²) in [6.45, 7) is 1.08. The number of aryl methyl sites for hydroxylation is 1. The number of fused-ring (bicyclic) bond motifs is 1. The molecule has 2 heterocycles. The molecule has 30 heavy (non-hydrogen) atoms. The Hall–Kier alpha value is -3.54. The number of amides is 3. The average molecular weight is 403 g/mol. The Bertz CT molecular complexity index is 997. The number of furan rings is 1. The fraction of sp³-hybridized carbons (Fsp3) is 0.250. The first-order chi connectivity index (χ1) is 14.7. The maximum absolute atomic E-state index is 12.9. The van der Waals surface area contributed by atoms with Crippen LogP contribution in [0.4, 0.5) is 16.2 Å². The number of hydrogen-bond acceptors (Lipinski definition) is 3. The molecule has 0 radical (unpaired) electrons. The highest BCUT2D eigenvalue weighted by atomic mass is 16.3. The monoisotopic (exact) mass is 403 g/mol. The van der Waals surface area contributed by atoms with Crippen molar-refractivity contribution < 1.29 is 14.0 Å². The minimum atomic E-state index is -0.131. The highest BCUT2D eigenvalue weighted by molar-refractivity contribution is 6.02. The summed E-state index contributed by atoms with van der Waals surface area (Å²) in [5.74, 6) is 0.640. The van der Waals surface area contributed by atoms with Crippen molar-refractivity contribution in [3.05, 3.63) is 83.8 Å². The van der Waals surface area contributed by atoms with Gasteiger partial charge >= 0.3 is 6.03 Å². The maximum atomic E-state index is 12.9. The molecule has 2 aromatic carbocycles. The van der Waals surface area contributed by atoms with E-state index in [-0.39, 0.29) is 18.4 Å². The maximum Gasteiger partial charge on any atom is 0.326 e. The molecule has 2 N–H and O–H groups in total. The van der Waals surface area contributed by atoms with E-state index in [1.54, 1.807) is 12.3 Å². The minimum Gasteiger partial charge on any atom is -0.467 e. The number of para-hydroxylation sites is 1. The molecule has 0 aliphatic carbocycles. The molecule has 0 unspecified atom stereocenters. The van der Waals surface area contributed by atoms with Crippen molar-refractivity contribution in [3.8, 4) is 0 Å². The molecule has 154 valence electrons. The molecule has 6 nitrogen and oxygen atoms in total. The largest absolute Gasteiger partial charge is 0.467 e. The molecule has 0 spiro atoms. The van der Waals surface area contributed by atoms with Crippen molar-refractivity contribution in [1.82, 2.24) is 5.32 Å². The molecule has 1 aliphatic heterocycles. The highest BCUT2D eigenvalue weighted by Gasteiger charge is 2.20. The summed E-state index contributed by atoms with van der Waals surface area (Å²) in [4.78, 5) is 26.8. The van der Waals surface area contributed by atoms with E-state index in [1.807, 2.05) is 53.4 Å². The molecule has 1 aliphatic rings. The second-order valence-corrected chi connectivity index (χ2v) is 7.40. The van der Waals surface area contributed by atoms with Gasteiger partial charge in [0.1, 0.15) is 5.76 Å². The van der Waals surface area contributed by atoms with E-state index < -0.39 is 0 Å². The molecular formula is C24H25N3O3. The molecule has 3 amide bonds. The predicted molar refractivity (Wildman–Crippen MR) is 116 cm³/mol. The van der Waals surface area contributed by atoms with E-state index in [0.29, 0.717) is 18.8 Å². The second kappa shape index (κ2) is 9.31. The van der Waals surface area contributed by atoms with Gasteiger partial charge < -0.3 is 15.1 Å². The lowest BCUT2D eigenvalue weighted by molar-refractivity contribution is -0.120. The van der Waals surface area contributed by atoms with E-state index in [0.717, 1.165) is 36.3 Å². The Morgan fingerprint density at radius 3 is 2.60 bits per heavy atom. The highest BCUT2D eigenvalue weighted by Crippen LogP contribution is 2.26. The number of urea groups is 1. The van der Waals surface area contributed by atoms with Crippen LogP contribution in [0.3, 0.4) is 0 Å². The zero-order chi connectivity index (χ0) is 20.8. The number of nitrogens with one attached hydrogen (secondary N) is 2. The van der Waals surface area contributed by atoms with E-state index in [9.17, 15) is 9.59 Å². The number of hydrogen-bond donors (Lipinski definition) is 2. The lowest BCUT2D eigenvalue weighted by Crippen LogP contribution is -2.35. The summed E-state index contributed by atoms with van der Waals surface area (Å²) in [7, 11) is 0. The summed E-state index contributed by atoms with van der Waals surface area (Å²) in [5.41, 5.74) is 3.78. The summed E-state index contributed by atoms with van der Waals surface area (Å²) in [6.07, 6.45) is 4.91. The van der Waals surface area contributed by atoms with Gasteiger partial charge in [0.05, 0.1) is 19.2 Å². The van der Waals surface area contributed by atoms with Gasteiger partial charge in [-0.15, -0.1) is 0 Å². The Kier molecular flexibility index (Phi) is 6.13. The molecule has 1 aromatic heterocycles. The SMILES string of the molecule is O=C(Cc1ccc(NC(=O)N2CCCCc3ccccc32)cc1)NCc1ccco1. The zero-order valence-corrected chi connectivity index (χ0v) is 16.8. The van der Waals surface area contributed by atoms with Crippen LogP contribution in [-0.2, 0) is 24.2 Å². The van der Waals surface area contributed by atoms with Crippen LogP contribution in [0, 0.1) is 0 Å². The number of carbonyl (C=O) groups is 2. The van der Waals surface area contributed by atoms with Crippen molar-refractivity contribution in [2.45, 2.75) is 32.2 Å². The smallest absolute Gasteiger partial charge is 0.326 e. The Balaban J connectivity index is 1.34. The lowest BCUT2D eigenvalue weighted by atomic mass is 10.1. The average Bonchev–Trinajstić information content (AvgIpc) is 3.19. The van der Waals surface area contributed by atoms with Crippen LogP contribution >= 0.6 is 0 Å². The van der Waals surface area contributed by atoms with Gasteiger partial charge in [-0.25, -0.2) is 4.79 Å². The molecule has 4 rings (SSSR count). The Morgan fingerprint density at radius 2 is 1.80 bits per heavy atom. The molecule has 0 fully saturated rings. The normalized spacial score (nSPS) is 13.3. The van der Waals surface area contributed by atoms with Gasteiger partial charge in [-0.05, 0) is 60.7 Å². The van der Waals surface area contributed by atoms with Crippen LogP contribution in [0.15, 0.2) is 71.3 Å². The predicted octanol–water partition coefficient (Wildman–Crippen LogP) is 4.51. The van der Waals surface area contributed by atoms with Gasteiger partial charge in [0, 0.05) is 17.9 Å². The summed E-state index contributed by atoms with van der Waals surface area (Å²) < 4.78 is 5.21. The van der Waals surface area contributed by atoms with Crippen molar-refractivity contribution in [2.24, 2.45) is 0 Å². The van der Waals surface area contributed by atoms with Gasteiger partial charge in [0.2, 0.25) is 5.91 Å². The Morgan fingerprint density at radius 1 is 0.967 bits per heavy atom. The molecule has 6 heteroatoms. The number of nitrogens with zero attached hydrogens (tertiary/aromatic N) is 1. The van der Waals surface area contributed by atoms with Gasteiger partial charge in [-0.1, -0.05) is 30.3 Å². The first kappa shape index (κ1) is 19.8. The summed E-state index contributed by atoms with van der Waals surface area (Å²) >= 11 is 0. The number of rotatable bonds is 5. The number of anilines is 2. The van der Waals surface area contributed by atoms with Crippen LogP contribution in [0.25, 0.3) is 0 Å². The van der Waals surface area contributed by atoms with E-state index in [1.165, 1.54) is 5.56 Å². The molecular weight excluding hydrogens is 378 g/mol. The van der Waals surface area contributed by atoms with Crippen LogP contribution in [0.2, 0.25) is 0 Å². The summed E-state index contributed by atoms with van der Waals surface area (Å²) in [6, 6.07) is 18.9. The van der Waals surface area contributed by atoms with Crippen molar-refractivity contribution >= 4 is 23.3 Å². The molecule has 0 atom stereocenters. The van der Waals surface area contributed by atoms with E-state index >= 15 is 0 Å². The molecule has 0 saturated carbocycles. The first-order valence-corrected chi connectivity index (χ1v) is 10.2. The van der Waals surface area contributed by atoms with Gasteiger partial charge in [0.25, 0.3) is 0 Å². The fourth-order valence-corrected chi connectivity index (χ4v) is 3.65. The van der Waals surface area contributed by atoms with Crippen LogP contribution in [0.1, 0.15) is 29.7 Å². The molecule has 0 saturated heterocycles. The van der Waals surface area contributed by atoms with Gasteiger partial charge in [0.15, 0.2) is 0 Å². The lowest BCUT2D eigenvalue weighted by Gasteiger charge is -2.23. The standard InChI is InChI=1S/C24H25N3O3/c28-23(25-17-21-8-5-15-30-21)16-18-10-12-20(13-11-18)26-24(29)27-14-4-3-7-19-6-1-2-9-22(19)27/h1-2,5-6,8-13,15H,3-4,7,14,16-17H2,(H,25,28)(H,26,29). The minimum absolute atomic E-state index is 0.0793. The third kappa shape index (κ3) is 4.89. The van der Waals surface area contributed by atoms with Crippen LogP contribution in [-0.4, -0.2) is 18.5 Å². The topological polar surface area (TPSA) is 74.6 Å².